The van der Waals surface area contributed by atoms with Gasteiger partial charge in [0.1, 0.15) is 0 Å². The molecule has 2 aromatic rings. The predicted octanol–water partition coefficient (Wildman–Crippen LogP) is -0.691. The molecule has 0 radical (unpaired) electrons. The van der Waals surface area contributed by atoms with Crippen LogP contribution in [0.4, 0.5) is 5.95 Å². The van der Waals surface area contributed by atoms with Crippen molar-refractivity contribution >= 4 is 23.0 Å². The smallest absolute Gasteiger partial charge is 0.318 e. The number of hydrogen-bond acceptors (Lipinski definition) is 4. The molecule has 8 nitrogen and oxygen atoms in total. The maximum atomic E-state index is 11.8. The molecule has 0 saturated heterocycles. The SMILES string of the molecule is CCC(=O)Nc1nc2c([nH]1)c(=O)n(C)c(=O)n2C. The number of fused-ring (bicyclic) bond motifs is 1. The summed E-state index contributed by atoms with van der Waals surface area (Å²) in [7, 11) is 2.89. The minimum absolute atomic E-state index is 0.162. The van der Waals surface area contributed by atoms with E-state index < -0.39 is 11.2 Å². The summed E-state index contributed by atoms with van der Waals surface area (Å²) in [5.41, 5.74) is -0.537. The Morgan fingerprint density at radius 2 is 2.00 bits per heavy atom. The lowest BCUT2D eigenvalue weighted by molar-refractivity contribution is -0.115. The summed E-state index contributed by atoms with van der Waals surface area (Å²) in [6.07, 6.45) is 0.300. The van der Waals surface area contributed by atoms with Crippen LogP contribution in [0.5, 0.6) is 0 Å². The van der Waals surface area contributed by atoms with Crippen molar-refractivity contribution in [2.75, 3.05) is 5.32 Å². The lowest BCUT2D eigenvalue weighted by atomic mass is 10.5. The lowest BCUT2D eigenvalue weighted by Gasteiger charge is -2.00. The molecule has 0 spiro atoms. The molecule has 2 heterocycles. The Kier molecular flexibility index (Phi) is 2.77. The van der Waals surface area contributed by atoms with Gasteiger partial charge >= 0.3 is 5.69 Å². The predicted molar refractivity (Wildman–Crippen MR) is 65.5 cm³/mol. The van der Waals surface area contributed by atoms with Gasteiger partial charge in [-0.1, -0.05) is 6.92 Å². The average Bonchev–Trinajstić information content (AvgIpc) is 2.77. The third kappa shape index (κ3) is 1.71. The van der Waals surface area contributed by atoms with Crippen molar-refractivity contribution < 1.29 is 4.79 Å². The molecule has 0 fully saturated rings. The second kappa shape index (κ2) is 4.13. The number of imidazole rings is 1. The van der Waals surface area contributed by atoms with Gasteiger partial charge in [-0.05, 0) is 0 Å². The van der Waals surface area contributed by atoms with Gasteiger partial charge in [0.15, 0.2) is 11.2 Å². The van der Waals surface area contributed by atoms with Gasteiger partial charge in [-0.2, -0.15) is 4.98 Å². The number of aromatic nitrogens is 4. The molecule has 0 aliphatic heterocycles. The van der Waals surface area contributed by atoms with Crippen LogP contribution < -0.4 is 16.6 Å². The fraction of sp³-hybridized carbons (Fsp3) is 0.400. The molecule has 18 heavy (non-hydrogen) atoms. The number of carbonyl (C=O) groups excluding carboxylic acids is 1. The molecule has 2 aromatic heterocycles. The zero-order valence-electron chi connectivity index (χ0n) is 10.3. The van der Waals surface area contributed by atoms with E-state index in [2.05, 4.69) is 15.3 Å². The minimum atomic E-state index is -0.474. The third-order valence-electron chi connectivity index (χ3n) is 2.67. The van der Waals surface area contributed by atoms with E-state index in [1.54, 1.807) is 6.92 Å². The number of aromatic amines is 1. The van der Waals surface area contributed by atoms with Crippen LogP contribution in [0, 0.1) is 0 Å². The number of anilines is 1. The molecule has 0 aliphatic rings. The van der Waals surface area contributed by atoms with E-state index in [4.69, 9.17) is 0 Å². The highest BCUT2D eigenvalue weighted by molar-refractivity contribution is 5.90. The number of aryl methyl sites for hydroxylation is 1. The Balaban J connectivity index is 2.69. The summed E-state index contributed by atoms with van der Waals surface area (Å²) in [5.74, 6) is -0.0639. The number of amides is 1. The van der Waals surface area contributed by atoms with E-state index in [0.717, 1.165) is 4.57 Å². The van der Waals surface area contributed by atoms with Gasteiger partial charge in [0.2, 0.25) is 11.9 Å². The number of carbonyl (C=O) groups is 1. The highest BCUT2D eigenvalue weighted by Gasteiger charge is 2.13. The first-order valence-electron chi connectivity index (χ1n) is 5.41. The van der Waals surface area contributed by atoms with Crippen molar-refractivity contribution in [3.63, 3.8) is 0 Å². The molecule has 0 unspecified atom stereocenters. The van der Waals surface area contributed by atoms with Gasteiger partial charge in [-0.25, -0.2) is 4.79 Å². The molecule has 8 heteroatoms. The Morgan fingerprint density at radius 1 is 1.33 bits per heavy atom. The van der Waals surface area contributed by atoms with Gasteiger partial charge in [0, 0.05) is 20.5 Å². The molecular formula is C10H13N5O3. The molecule has 1 amide bonds. The highest BCUT2D eigenvalue weighted by atomic mass is 16.2. The van der Waals surface area contributed by atoms with E-state index >= 15 is 0 Å². The first-order valence-corrected chi connectivity index (χ1v) is 5.41. The first-order chi connectivity index (χ1) is 8.45. The fourth-order valence-corrected chi connectivity index (χ4v) is 1.61. The minimum Gasteiger partial charge on any atom is -0.318 e. The summed E-state index contributed by atoms with van der Waals surface area (Å²) in [5, 5.41) is 2.51. The van der Waals surface area contributed by atoms with E-state index in [1.165, 1.54) is 18.7 Å². The van der Waals surface area contributed by atoms with Crippen LogP contribution in [0.1, 0.15) is 13.3 Å². The molecule has 2 N–H and O–H groups in total. The van der Waals surface area contributed by atoms with Gasteiger partial charge in [-0.3, -0.25) is 24.0 Å². The van der Waals surface area contributed by atoms with Crippen molar-refractivity contribution in [2.24, 2.45) is 14.1 Å². The van der Waals surface area contributed by atoms with Gasteiger partial charge in [0.05, 0.1) is 0 Å². The summed E-state index contributed by atoms with van der Waals surface area (Å²) in [4.78, 5) is 41.5. The van der Waals surface area contributed by atoms with Crippen LogP contribution in [0.3, 0.4) is 0 Å². The standard InChI is InChI=1S/C10H13N5O3/c1-4-5(16)11-9-12-6-7(13-9)14(2)10(18)15(3)8(6)17/h4H2,1-3H3,(H2,11,12,13,16). The van der Waals surface area contributed by atoms with Gasteiger partial charge in [-0.15, -0.1) is 0 Å². The third-order valence-corrected chi connectivity index (χ3v) is 2.67. The molecule has 96 valence electrons. The summed E-state index contributed by atoms with van der Waals surface area (Å²) < 4.78 is 2.22. The number of rotatable bonds is 2. The Bertz CT molecular complexity index is 736. The second-order valence-corrected chi connectivity index (χ2v) is 3.89. The van der Waals surface area contributed by atoms with E-state index in [9.17, 15) is 14.4 Å². The largest absolute Gasteiger partial charge is 0.332 e. The van der Waals surface area contributed by atoms with Crippen LogP contribution >= 0.6 is 0 Å². The van der Waals surface area contributed by atoms with Crippen molar-refractivity contribution in [2.45, 2.75) is 13.3 Å². The average molecular weight is 251 g/mol. The number of nitrogens with one attached hydrogen (secondary N) is 2. The first kappa shape index (κ1) is 12.1. The second-order valence-electron chi connectivity index (χ2n) is 3.89. The van der Waals surface area contributed by atoms with E-state index in [0.29, 0.717) is 6.42 Å². The summed E-state index contributed by atoms with van der Waals surface area (Å²) in [6, 6.07) is 0. The topological polar surface area (TPSA) is 102 Å². The molecule has 0 bridgehead atoms. The number of nitrogens with zero attached hydrogens (tertiary/aromatic N) is 3. The van der Waals surface area contributed by atoms with Crippen LogP contribution in [-0.4, -0.2) is 25.0 Å². The molecule has 0 aliphatic carbocycles. The lowest BCUT2D eigenvalue weighted by Crippen LogP contribution is -2.36. The Hall–Kier alpha value is -2.38. The Labute approximate surface area is 101 Å². The number of hydrogen-bond donors (Lipinski definition) is 2. The fourth-order valence-electron chi connectivity index (χ4n) is 1.61. The van der Waals surface area contributed by atoms with E-state index in [1.807, 2.05) is 0 Å². The highest BCUT2D eigenvalue weighted by Crippen LogP contribution is 2.08. The zero-order valence-corrected chi connectivity index (χ0v) is 10.3. The van der Waals surface area contributed by atoms with Crippen molar-refractivity contribution in [3.8, 4) is 0 Å². The molecule has 0 aromatic carbocycles. The molecule has 2 rings (SSSR count). The Morgan fingerprint density at radius 3 is 2.61 bits per heavy atom. The zero-order chi connectivity index (χ0) is 13.4. The van der Waals surface area contributed by atoms with Crippen LogP contribution in [-0.2, 0) is 18.9 Å². The maximum absolute atomic E-state index is 11.8. The van der Waals surface area contributed by atoms with Crippen molar-refractivity contribution in [3.05, 3.63) is 20.8 Å². The van der Waals surface area contributed by atoms with E-state index in [-0.39, 0.29) is 23.0 Å². The normalized spacial score (nSPS) is 10.8. The van der Waals surface area contributed by atoms with Crippen molar-refractivity contribution in [1.82, 2.24) is 19.1 Å². The van der Waals surface area contributed by atoms with Gasteiger partial charge in [0.25, 0.3) is 5.56 Å². The molecule has 0 atom stereocenters. The van der Waals surface area contributed by atoms with Crippen LogP contribution in [0.25, 0.3) is 11.2 Å². The maximum Gasteiger partial charge on any atom is 0.332 e. The summed E-state index contributed by atoms with van der Waals surface area (Å²) in [6.45, 7) is 1.70. The monoisotopic (exact) mass is 251 g/mol. The summed E-state index contributed by atoms with van der Waals surface area (Å²) >= 11 is 0. The van der Waals surface area contributed by atoms with Gasteiger partial charge < -0.3 is 4.98 Å². The van der Waals surface area contributed by atoms with Crippen molar-refractivity contribution in [1.29, 1.82) is 0 Å². The number of H-pyrrole nitrogens is 1. The molecule has 0 saturated carbocycles. The quantitative estimate of drug-likeness (QED) is 0.737. The van der Waals surface area contributed by atoms with Crippen LogP contribution in [0.15, 0.2) is 9.59 Å². The molecular weight excluding hydrogens is 238 g/mol. The van der Waals surface area contributed by atoms with Crippen LogP contribution in [0.2, 0.25) is 0 Å².